The van der Waals surface area contributed by atoms with Gasteiger partial charge in [0.05, 0.1) is 12.6 Å². The van der Waals surface area contributed by atoms with Crippen LogP contribution in [0.1, 0.15) is 19.3 Å². The van der Waals surface area contributed by atoms with E-state index in [0.717, 1.165) is 19.1 Å². The molecule has 0 aliphatic carbocycles. The third-order valence-corrected chi connectivity index (χ3v) is 1.67. The van der Waals surface area contributed by atoms with Crippen molar-refractivity contribution in [1.82, 2.24) is 5.32 Å². The number of hydrogen-bond acceptors (Lipinski definition) is 4. The highest BCUT2D eigenvalue weighted by Gasteiger charge is 2.08. The van der Waals surface area contributed by atoms with Crippen LogP contribution in [0.2, 0.25) is 0 Å². The predicted octanol–water partition coefficient (Wildman–Crippen LogP) is -1.24. The Morgan fingerprint density at radius 3 is 2.54 bits per heavy atom. The quantitative estimate of drug-likeness (QED) is 0.343. The lowest BCUT2D eigenvalue weighted by Crippen LogP contribution is -2.39. The second-order valence-corrected chi connectivity index (χ2v) is 2.80. The van der Waals surface area contributed by atoms with Crippen LogP contribution >= 0.6 is 0 Å². The van der Waals surface area contributed by atoms with Gasteiger partial charge in [0, 0.05) is 0 Å². The van der Waals surface area contributed by atoms with E-state index in [4.69, 9.17) is 11.5 Å². The molecule has 0 spiro atoms. The highest BCUT2D eigenvalue weighted by molar-refractivity contribution is 5.81. The van der Waals surface area contributed by atoms with E-state index < -0.39 is 6.04 Å². The summed E-state index contributed by atoms with van der Waals surface area (Å²) < 4.78 is 0. The molecule has 0 radical (unpaired) electrons. The molecule has 0 aliphatic heterocycles. The Balaban J connectivity index is 3.62. The molecule has 0 fully saturated rings. The highest BCUT2D eigenvalue weighted by atomic mass is 16.2. The maximum atomic E-state index is 10.8. The van der Waals surface area contributed by atoms with E-state index in [-0.39, 0.29) is 12.5 Å². The maximum Gasteiger partial charge on any atom is 0.234 e. The van der Waals surface area contributed by atoms with Gasteiger partial charge in [0.2, 0.25) is 5.91 Å². The van der Waals surface area contributed by atoms with Gasteiger partial charge in [-0.15, -0.1) is 0 Å². The first-order valence-corrected chi connectivity index (χ1v) is 4.39. The van der Waals surface area contributed by atoms with Crippen LogP contribution in [-0.4, -0.2) is 31.3 Å². The first-order valence-electron chi connectivity index (χ1n) is 4.39. The lowest BCUT2D eigenvalue weighted by Gasteiger charge is -2.10. The summed E-state index contributed by atoms with van der Waals surface area (Å²) in [4.78, 5) is 21.3. The largest absolute Gasteiger partial charge is 0.345 e. The summed E-state index contributed by atoms with van der Waals surface area (Å²) in [7, 11) is 0. The van der Waals surface area contributed by atoms with Gasteiger partial charge in [0.25, 0.3) is 0 Å². The summed E-state index contributed by atoms with van der Waals surface area (Å²) in [5.74, 6) is -0.301. The van der Waals surface area contributed by atoms with Crippen LogP contribution < -0.4 is 16.8 Å². The fraction of sp³-hybridized carbons (Fsp3) is 0.750. The third kappa shape index (κ3) is 6.24. The van der Waals surface area contributed by atoms with Crippen molar-refractivity contribution in [3.8, 4) is 0 Å². The third-order valence-electron chi connectivity index (χ3n) is 1.67. The Bertz CT molecular complexity index is 161. The van der Waals surface area contributed by atoms with Crippen LogP contribution in [0, 0.1) is 0 Å². The van der Waals surface area contributed by atoms with Crippen LogP contribution in [0.4, 0.5) is 0 Å². The van der Waals surface area contributed by atoms with Crippen LogP contribution in [0.5, 0.6) is 0 Å². The molecule has 0 aromatic heterocycles. The van der Waals surface area contributed by atoms with E-state index in [1.807, 2.05) is 0 Å². The molecule has 1 amide bonds. The lowest BCUT2D eigenvalue weighted by atomic mass is 10.1. The molecule has 0 bridgehead atoms. The second kappa shape index (κ2) is 7.70. The Kier molecular flexibility index (Phi) is 7.14. The highest BCUT2D eigenvalue weighted by Crippen LogP contribution is 1.97. The van der Waals surface area contributed by atoms with Crippen LogP contribution in [0.3, 0.4) is 0 Å². The number of amides is 1. The molecule has 5 heteroatoms. The Labute approximate surface area is 77.8 Å². The van der Waals surface area contributed by atoms with Crippen molar-refractivity contribution in [2.45, 2.75) is 25.3 Å². The first kappa shape index (κ1) is 12.1. The number of carbonyl (C=O) groups excluding carboxylic acids is 2. The standard InChI is InChI=1S/C8H17N3O2/c9-4-2-1-3-7(6-12)11-8(13)5-10/h6-7H,1-5,9-10H2,(H,11,13). The molecule has 0 aromatic carbocycles. The Hall–Kier alpha value is -0.940. The monoisotopic (exact) mass is 187 g/mol. The number of aldehydes is 1. The zero-order valence-corrected chi connectivity index (χ0v) is 7.66. The average molecular weight is 187 g/mol. The molecule has 0 heterocycles. The molecule has 1 unspecified atom stereocenters. The van der Waals surface area contributed by atoms with E-state index in [9.17, 15) is 9.59 Å². The Morgan fingerprint density at radius 2 is 2.08 bits per heavy atom. The number of rotatable bonds is 7. The topological polar surface area (TPSA) is 98.2 Å². The minimum absolute atomic E-state index is 0.0821. The van der Waals surface area contributed by atoms with E-state index >= 15 is 0 Å². The fourth-order valence-corrected chi connectivity index (χ4v) is 0.949. The summed E-state index contributed by atoms with van der Waals surface area (Å²) in [5.41, 5.74) is 10.4. The normalized spacial score (nSPS) is 12.2. The molecule has 0 saturated carbocycles. The molecule has 0 aromatic rings. The van der Waals surface area contributed by atoms with Crippen molar-refractivity contribution < 1.29 is 9.59 Å². The van der Waals surface area contributed by atoms with Gasteiger partial charge in [-0.05, 0) is 25.8 Å². The molecule has 5 nitrogen and oxygen atoms in total. The van der Waals surface area contributed by atoms with Crippen LogP contribution in [0.15, 0.2) is 0 Å². The van der Waals surface area contributed by atoms with Gasteiger partial charge in [0.15, 0.2) is 0 Å². The SMILES string of the molecule is NCCCCC(C=O)NC(=O)CN. The van der Waals surface area contributed by atoms with Crippen LogP contribution in [0.25, 0.3) is 0 Å². The van der Waals surface area contributed by atoms with Crippen molar-refractivity contribution >= 4 is 12.2 Å². The van der Waals surface area contributed by atoms with E-state index in [0.29, 0.717) is 13.0 Å². The first-order chi connectivity index (χ1) is 6.24. The van der Waals surface area contributed by atoms with Crippen LogP contribution in [-0.2, 0) is 9.59 Å². The van der Waals surface area contributed by atoms with E-state index in [2.05, 4.69) is 5.32 Å². The molecule has 0 rings (SSSR count). The average Bonchev–Trinajstić information content (AvgIpc) is 2.16. The van der Waals surface area contributed by atoms with Crippen molar-refractivity contribution in [2.75, 3.05) is 13.1 Å². The summed E-state index contributed by atoms with van der Waals surface area (Å²) in [6, 6.07) is -0.414. The zero-order chi connectivity index (χ0) is 10.1. The zero-order valence-electron chi connectivity index (χ0n) is 7.66. The van der Waals surface area contributed by atoms with Crippen molar-refractivity contribution in [3.05, 3.63) is 0 Å². The summed E-state index contributed by atoms with van der Waals surface area (Å²) in [5, 5.41) is 2.50. The minimum Gasteiger partial charge on any atom is -0.345 e. The van der Waals surface area contributed by atoms with Gasteiger partial charge in [-0.25, -0.2) is 0 Å². The van der Waals surface area contributed by atoms with Gasteiger partial charge in [-0.2, -0.15) is 0 Å². The number of unbranched alkanes of at least 4 members (excludes halogenated alkanes) is 1. The molecule has 5 N–H and O–H groups in total. The molecule has 0 aliphatic rings. The number of hydrogen-bond donors (Lipinski definition) is 3. The molecule has 76 valence electrons. The molecular weight excluding hydrogens is 170 g/mol. The van der Waals surface area contributed by atoms with Gasteiger partial charge >= 0.3 is 0 Å². The molecular formula is C8H17N3O2. The van der Waals surface area contributed by atoms with Crippen molar-refractivity contribution in [1.29, 1.82) is 0 Å². The fourth-order valence-electron chi connectivity index (χ4n) is 0.949. The smallest absolute Gasteiger partial charge is 0.234 e. The van der Waals surface area contributed by atoms with Crippen molar-refractivity contribution in [3.63, 3.8) is 0 Å². The van der Waals surface area contributed by atoms with Gasteiger partial charge in [0.1, 0.15) is 6.29 Å². The summed E-state index contributed by atoms with van der Waals surface area (Å²) in [6.07, 6.45) is 3.06. The number of nitrogens with two attached hydrogens (primary N) is 2. The van der Waals surface area contributed by atoms with E-state index in [1.54, 1.807) is 0 Å². The lowest BCUT2D eigenvalue weighted by molar-refractivity contribution is -0.122. The van der Waals surface area contributed by atoms with Crippen molar-refractivity contribution in [2.24, 2.45) is 11.5 Å². The van der Waals surface area contributed by atoms with E-state index in [1.165, 1.54) is 0 Å². The predicted molar refractivity (Wildman–Crippen MR) is 50.0 cm³/mol. The number of nitrogens with one attached hydrogen (secondary N) is 1. The summed E-state index contributed by atoms with van der Waals surface area (Å²) in [6.45, 7) is 0.525. The second-order valence-electron chi connectivity index (χ2n) is 2.80. The number of carbonyl (C=O) groups is 2. The molecule has 13 heavy (non-hydrogen) atoms. The van der Waals surface area contributed by atoms with Gasteiger partial charge < -0.3 is 21.6 Å². The maximum absolute atomic E-state index is 10.8. The van der Waals surface area contributed by atoms with Gasteiger partial charge in [-0.1, -0.05) is 0 Å². The van der Waals surface area contributed by atoms with Gasteiger partial charge in [-0.3, -0.25) is 4.79 Å². The molecule has 1 atom stereocenters. The summed E-state index contributed by atoms with van der Waals surface area (Å²) >= 11 is 0. The molecule has 0 saturated heterocycles. The minimum atomic E-state index is -0.414. The Morgan fingerprint density at radius 1 is 1.38 bits per heavy atom.